The van der Waals surface area contributed by atoms with Crippen LogP contribution >= 0.6 is 0 Å². The number of nitrogens with one attached hydrogen (secondary N) is 1. The fourth-order valence-corrected chi connectivity index (χ4v) is 3.00. The van der Waals surface area contributed by atoms with E-state index in [0.29, 0.717) is 29.2 Å². The van der Waals surface area contributed by atoms with Crippen molar-refractivity contribution >= 4 is 17.5 Å². The maximum absolute atomic E-state index is 13.0. The minimum absolute atomic E-state index is 0.0829. The van der Waals surface area contributed by atoms with Crippen LogP contribution in [0.1, 0.15) is 49.9 Å². The van der Waals surface area contributed by atoms with E-state index in [1.165, 1.54) is 14.2 Å². The number of methoxy groups -OCH3 is 2. The highest BCUT2D eigenvalue weighted by atomic mass is 16.5. The summed E-state index contributed by atoms with van der Waals surface area (Å²) < 4.78 is 10.6. The van der Waals surface area contributed by atoms with Crippen molar-refractivity contribution in [2.45, 2.75) is 39.5 Å². The minimum atomic E-state index is -0.116. The molecule has 6 nitrogen and oxygen atoms in total. The number of likely N-dealkylation sites (tertiary alicyclic amines) is 1. The molecule has 0 radical (unpaired) electrons. The Morgan fingerprint density at radius 1 is 1.08 bits per heavy atom. The van der Waals surface area contributed by atoms with Crippen LogP contribution in [-0.4, -0.2) is 44.0 Å². The number of hydrogen-bond acceptors (Lipinski definition) is 4. The number of amides is 2. The molecule has 1 aliphatic heterocycles. The van der Waals surface area contributed by atoms with Crippen LogP contribution in [-0.2, 0) is 4.79 Å². The van der Waals surface area contributed by atoms with Crippen LogP contribution in [0, 0.1) is 5.92 Å². The molecule has 1 saturated heterocycles. The highest BCUT2D eigenvalue weighted by molar-refractivity contribution is 6.04. The summed E-state index contributed by atoms with van der Waals surface area (Å²) in [6.45, 7) is 5.45. The zero-order chi connectivity index (χ0) is 18.4. The molecule has 6 heteroatoms. The van der Waals surface area contributed by atoms with E-state index in [1.54, 1.807) is 12.1 Å². The normalized spacial score (nSPS) is 14.4. The number of anilines is 1. The highest BCUT2D eigenvalue weighted by Crippen LogP contribution is 2.34. The van der Waals surface area contributed by atoms with E-state index >= 15 is 0 Å². The summed E-state index contributed by atoms with van der Waals surface area (Å²) in [7, 11) is 3.06. The smallest absolute Gasteiger partial charge is 0.256 e. The van der Waals surface area contributed by atoms with Gasteiger partial charge in [0.25, 0.3) is 5.91 Å². The third kappa shape index (κ3) is 4.87. The second-order valence-corrected chi connectivity index (χ2v) is 6.75. The molecule has 1 fully saturated rings. The quantitative estimate of drug-likeness (QED) is 0.856. The fourth-order valence-electron chi connectivity index (χ4n) is 3.00. The number of rotatable bonds is 6. The van der Waals surface area contributed by atoms with E-state index in [2.05, 4.69) is 5.32 Å². The maximum atomic E-state index is 13.0. The van der Waals surface area contributed by atoms with Crippen LogP contribution in [0.25, 0.3) is 0 Å². The van der Waals surface area contributed by atoms with Crippen molar-refractivity contribution in [3.8, 4) is 11.5 Å². The summed E-state index contributed by atoms with van der Waals surface area (Å²) in [6, 6.07) is 3.31. The molecule has 1 heterocycles. The van der Waals surface area contributed by atoms with Gasteiger partial charge in [-0.3, -0.25) is 9.59 Å². The van der Waals surface area contributed by atoms with Gasteiger partial charge in [0.05, 0.1) is 25.5 Å². The summed E-state index contributed by atoms with van der Waals surface area (Å²) in [6.07, 6.45) is 3.56. The first-order chi connectivity index (χ1) is 12.0. The Morgan fingerprint density at radius 3 is 2.24 bits per heavy atom. The molecular weight excluding hydrogens is 320 g/mol. The topological polar surface area (TPSA) is 67.9 Å². The second-order valence-electron chi connectivity index (χ2n) is 6.75. The maximum Gasteiger partial charge on any atom is 0.256 e. The molecule has 1 aliphatic rings. The van der Waals surface area contributed by atoms with Crippen molar-refractivity contribution in [2.75, 3.05) is 32.6 Å². The number of nitrogens with zero attached hydrogens (tertiary/aromatic N) is 1. The van der Waals surface area contributed by atoms with Gasteiger partial charge in [-0.1, -0.05) is 13.8 Å². The Bertz CT molecular complexity index is 622. The Balaban J connectivity index is 2.36. The molecule has 1 N–H and O–H groups in total. The molecule has 0 aliphatic carbocycles. The lowest BCUT2D eigenvalue weighted by Crippen LogP contribution is -2.36. The lowest BCUT2D eigenvalue weighted by molar-refractivity contribution is -0.116. The van der Waals surface area contributed by atoms with Crippen LogP contribution in [0.4, 0.5) is 5.69 Å². The molecule has 0 spiro atoms. The average molecular weight is 348 g/mol. The van der Waals surface area contributed by atoms with Crippen LogP contribution in [0.15, 0.2) is 12.1 Å². The number of piperidine rings is 1. The molecule has 138 valence electrons. The molecule has 1 aromatic carbocycles. The first-order valence-electron chi connectivity index (χ1n) is 8.81. The Kier molecular flexibility index (Phi) is 6.67. The third-order valence-electron chi connectivity index (χ3n) is 4.27. The van der Waals surface area contributed by atoms with E-state index in [0.717, 1.165) is 32.4 Å². The predicted molar refractivity (Wildman–Crippen MR) is 97.4 cm³/mol. The van der Waals surface area contributed by atoms with Gasteiger partial charge >= 0.3 is 0 Å². The van der Waals surface area contributed by atoms with Crippen molar-refractivity contribution in [1.29, 1.82) is 0 Å². The molecule has 25 heavy (non-hydrogen) atoms. The first kappa shape index (κ1) is 19.1. The largest absolute Gasteiger partial charge is 0.493 e. The highest BCUT2D eigenvalue weighted by Gasteiger charge is 2.24. The molecule has 2 amide bonds. The van der Waals surface area contributed by atoms with Crippen molar-refractivity contribution in [1.82, 2.24) is 4.90 Å². The van der Waals surface area contributed by atoms with E-state index in [-0.39, 0.29) is 17.7 Å². The average Bonchev–Trinajstić information content (AvgIpc) is 2.60. The summed E-state index contributed by atoms with van der Waals surface area (Å²) in [4.78, 5) is 27.0. The summed E-state index contributed by atoms with van der Waals surface area (Å²) >= 11 is 0. The van der Waals surface area contributed by atoms with E-state index in [1.807, 2.05) is 18.7 Å². The second kappa shape index (κ2) is 8.74. The van der Waals surface area contributed by atoms with Crippen LogP contribution in [0.5, 0.6) is 11.5 Å². The molecule has 1 aromatic rings. The summed E-state index contributed by atoms with van der Waals surface area (Å²) in [5.41, 5.74) is 0.913. The van der Waals surface area contributed by atoms with Crippen molar-refractivity contribution in [3.63, 3.8) is 0 Å². The zero-order valence-corrected chi connectivity index (χ0v) is 15.6. The van der Waals surface area contributed by atoms with E-state index in [9.17, 15) is 9.59 Å². The lowest BCUT2D eigenvalue weighted by atomic mass is 10.1. The van der Waals surface area contributed by atoms with Crippen LogP contribution in [0.3, 0.4) is 0 Å². The van der Waals surface area contributed by atoms with Crippen molar-refractivity contribution in [2.24, 2.45) is 5.92 Å². The molecule has 0 saturated carbocycles. The summed E-state index contributed by atoms with van der Waals surface area (Å²) in [5, 5.41) is 2.87. The lowest BCUT2D eigenvalue weighted by Gasteiger charge is -2.28. The SMILES string of the molecule is COc1cc(NC(=O)CC(C)C)c(C(=O)N2CCCCC2)cc1OC. The monoisotopic (exact) mass is 348 g/mol. The van der Waals surface area contributed by atoms with Crippen molar-refractivity contribution in [3.05, 3.63) is 17.7 Å². The molecule has 2 rings (SSSR count). The number of benzene rings is 1. The minimum Gasteiger partial charge on any atom is -0.493 e. The molecule has 0 bridgehead atoms. The standard InChI is InChI=1S/C19H28N2O4/c1-13(2)10-18(22)20-15-12-17(25-4)16(24-3)11-14(15)19(23)21-8-6-5-7-9-21/h11-13H,5-10H2,1-4H3,(H,20,22). The number of carbonyl (C=O) groups is 2. The van der Waals surface area contributed by atoms with Gasteiger partial charge in [0.2, 0.25) is 5.91 Å². The molecule has 0 unspecified atom stereocenters. The van der Waals surface area contributed by atoms with Gasteiger partial charge in [-0.15, -0.1) is 0 Å². The van der Waals surface area contributed by atoms with Gasteiger partial charge in [-0.25, -0.2) is 0 Å². The van der Waals surface area contributed by atoms with Gasteiger partial charge < -0.3 is 19.7 Å². The van der Waals surface area contributed by atoms with Crippen LogP contribution in [0.2, 0.25) is 0 Å². The molecule has 0 aromatic heterocycles. The Morgan fingerprint density at radius 2 is 1.68 bits per heavy atom. The van der Waals surface area contributed by atoms with Crippen LogP contribution < -0.4 is 14.8 Å². The molecule has 0 atom stereocenters. The fraction of sp³-hybridized carbons (Fsp3) is 0.579. The van der Waals surface area contributed by atoms with Gasteiger partial charge in [0.15, 0.2) is 11.5 Å². The van der Waals surface area contributed by atoms with E-state index < -0.39 is 0 Å². The zero-order valence-electron chi connectivity index (χ0n) is 15.6. The van der Waals surface area contributed by atoms with Crippen molar-refractivity contribution < 1.29 is 19.1 Å². The van der Waals surface area contributed by atoms with Gasteiger partial charge in [-0.05, 0) is 31.2 Å². The Hall–Kier alpha value is -2.24. The van der Waals surface area contributed by atoms with Gasteiger partial charge in [0, 0.05) is 25.6 Å². The molecular formula is C19H28N2O4. The predicted octanol–water partition coefficient (Wildman–Crippen LogP) is 3.31. The van der Waals surface area contributed by atoms with Gasteiger partial charge in [0.1, 0.15) is 0 Å². The first-order valence-corrected chi connectivity index (χ1v) is 8.81. The Labute approximate surface area is 149 Å². The number of ether oxygens (including phenoxy) is 2. The number of carbonyl (C=O) groups excluding carboxylic acids is 2. The van der Waals surface area contributed by atoms with Gasteiger partial charge in [-0.2, -0.15) is 0 Å². The summed E-state index contributed by atoms with van der Waals surface area (Å²) in [5.74, 6) is 0.999. The number of hydrogen-bond donors (Lipinski definition) is 1. The van der Waals surface area contributed by atoms with E-state index in [4.69, 9.17) is 9.47 Å². The third-order valence-corrected chi connectivity index (χ3v) is 4.27.